The molecule has 0 aromatic heterocycles. The van der Waals surface area contributed by atoms with Gasteiger partial charge >= 0.3 is 0 Å². The summed E-state index contributed by atoms with van der Waals surface area (Å²) in [4.78, 5) is 0. The van der Waals surface area contributed by atoms with Crippen molar-refractivity contribution < 1.29 is 0 Å². The fraction of sp³-hybridized carbons (Fsp3) is 0.846. The molecule has 0 bridgehead atoms. The zero-order valence-corrected chi connectivity index (χ0v) is 10.2. The Morgan fingerprint density at radius 1 is 1.23 bits per heavy atom. The summed E-state index contributed by atoms with van der Waals surface area (Å²) in [5.74, 6) is 2.44. The molecule has 0 amide bonds. The topological polar surface area (TPSA) is 0 Å². The molecule has 0 N–H and O–H groups in total. The van der Waals surface area contributed by atoms with Crippen molar-refractivity contribution in [1.82, 2.24) is 0 Å². The van der Waals surface area contributed by atoms with E-state index in [1.807, 2.05) is 0 Å². The Kier molecular flexibility index (Phi) is 6.11. The van der Waals surface area contributed by atoms with Crippen molar-refractivity contribution in [3.05, 3.63) is 11.6 Å². The lowest BCUT2D eigenvalue weighted by molar-refractivity contribution is 0.344. The van der Waals surface area contributed by atoms with Crippen molar-refractivity contribution in [3.8, 4) is 0 Å². The highest BCUT2D eigenvalue weighted by atomic mass is 14.2. The van der Waals surface area contributed by atoms with Gasteiger partial charge in [-0.05, 0) is 38.0 Å². The Morgan fingerprint density at radius 2 is 1.77 bits per heavy atom. The molecule has 78 valence electrons. The molecule has 0 radical (unpaired) electrons. The molecule has 0 saturated carbocycles. The summed E-state index contributed by atoms with van der Waals surface area (Å²) in [5.41, 5.74) is 1.57. The lowest BCUT2D eigenvalue weighted by atomic mass is 9.81. The maximum absolute atomic E-state index is 2.36. The van der Waals surface area contributed by atoms with E-state index >= 15 is 0 Å². The number of rotatable bonds is 5. The second-order valence-electron chi connectivity index (χ2n) is 4.63. The van der Waals surface area contributed by atoms with Crippen LogP contribution < -0.4 is 0 Å². The van der Waals surface area contributed by atoms with E-state index in [1.165, 1.54) is 12.8 Å². The molecule has 0 rings (SSSR count). The Hall–Kier alpha value is -0.260. The third kappa shape index (κ3) is 4.50. The molecule has 0 fully saturated rings. The van der Waals surface area contributed by atoms with Gasteiger partial charge in [0, 0.05) is 0 Å². The van der Waals surface area contributed by atoms with Crippen LogP contribution in [-0.2, 0) is 0 Å². The van der Waals surface area contributed by atoms with Gasteiger partial charge in [0.25, 0.3) is 0 Å². The molecular weight excluding hydrogens is 156 g/mol. The Bertz CT molecular complexity index is 153. The van der Waals surface area contributed by atoms with Crippen LogP contribution in [0.1, 0.15) is 54.4 Å². The normalized spacial score (nSPS) is 17.6. The predicted molar refractivity (Wildman–Crippen MR) is 61.8 cm³/mol. The standard InChI is InChI=1S/C13H26/c1-7-11(5)9-13(10(3)4)12(6)8-2/h8,10-11,13H,7,9H2,1-6H3. The summed E-state index contributed by atoms with van der Waals surface area (Å²) in [6.07, 6.45) is 4.93. The molecule has 0 aliphatic carbocycles. The van der Waals surface area contributed by atoms with Crippen LogP contribution in [0, 0.1) is 17.8 Å². The van der Waals surface area contributed by atoms with Crippen molar-refractivity contribution >= 4 is 0 Å². The zero-order valence-electron chi connectivity index (χ0n) is 10.2. The maximum atomic E-state index is 2.36. The second-order valence-corrected chi connectivity index (χ2v) is 4.63. The van der Waals surface area contributed by atoms with E-state index in [2.05, 4.69) is 47.6 Å². The smallest absolute Gasteiger partial charge is 0.0180 e. The van der Waals surface area contributed by atoms with Gasteiger partial charge in [0.15, 0.2) is 0 Å². The monoisotopic (exact) mass is 182 g/mol. The van der Waals surface area contributed by atoms with Gasteiger partial charge in [0.1, 0.15) is 0 Å². The molecule has 0 spiro atoms. The first kappa shape index (κ1) is 12.7. The summed E-state index contributed by atoms with van der Waals surface area (Å²) in [7, 11) is 0. The molecule has 0 nitrogen and oxygen atoms in total. The van der Waals surface area contributed by atoms with E-state index in [0.717, 1.165) is 17.8 Å². The van der Waals surface area contributed by atoms with Gasteiger partial charge in [-0.15, -0.1) is 0 Å². The van der Waals surface area contributed by atoms with Gasteiger partial charge < -0.3 is 0 Å². The van der Waals surface area contributed by atoms with Gasteiger partial charge in [0.05, 0.1) is 0 Å². The molecule has 0 heterocycles. The fourth-order valence-electron chi connectivity index (χ4n) is 1.80. The Balaban J connectivity index is 4.27. The summed E-state index contributed by atoms with van der Waals surface area (Å²) in [5, 5.41) is 0. The molecule has 2 atom stereocenters. The Labute approximate surface area is 84.4 Å². The lowest BCUT2D eigenvalue weighted by Crippen LogP contribution is -2.13. The van der Waals surface area contributed by atoms with Crippen LogP contribution in [-0.4, -0.2) is 0 Å². The SMILES string of the molecule is CC=C(C)C(CC(C)CC)C(C)C. The first-order valence-corrected chi connectivity index (χ1v) is 5.65. The largest absolute Gasteiger partial charge is 0.0884 e. The summed E-state index contributed by atoms with van der Waals surface area (Å²) < 4.78 is 0. The van der Waals surface area contributed by atoms with Crippen molar-refractivity contribution in [3.63, 3.8) is 0 Å². The van der Waals surface area contributed by atoms with Crippen molar-refractivity contribution in [2.75, 3.05) is 0 Å². The van der Waals surface area contributed by atoms with Crippen LogP contribution in [0.25, 0.3) is 0 Å². The molecule has 0 saturated heterocycles. The van der Waals surface area contributed by atoms with Crippen LogP contribution in [0.2, 0.25) is 0 Å². The van der Waals surface area contributed by atoms with Crippen molar-refractivity contribution in [2.45, 2.75) is 54.4 Å². The van der Waals surface area contributed by atoms with Crippen molar-refractivity contribution in [1.29, 1.82) is 0 Å². The minimum atomic E-state index is 0.783. The van der Waals surface area contributed by atoms with E-state index in [9.17, 15) is 0 Å². The fourth-order valence-corrected chi connectivity index (χ4v) is 1.80. The van der Waals surface area contributed by atoms with E-state index in [-0.39, 0.29) is 0 Å². The predicted octanol–water partition coefficient (Wildman–Crippen LogP) is 4.66. The molecule has 0 aliphatic heterocycles. The van der Waals surface area contributed by atoms with Crippen LogP contribution in [0.4, 0.5) is 0 Å². The number of hydrogen-bond donors (Lipinski definition) is 0. The lowest BCUT2D eigenvalue weighted by Gasteiger charge is -2.24. The first-order valence-electron chi connectivity index (χ1n) is 5.65. The van der Waals surface area contributed by atoms with E-state index < -0.39 is 0 Å². The average Bonchev–Trinajstić information content (AvgIpc) is 2.11. The zero-order chi connectivity index (χ0) is 10.4. The highest BCUT2D eigenvalue weighted by Crippen LogP contribution is 2.28. The van der Waals surface area contributed by atoms with Crippen LogP contribution in [0.5, 0.6) is 0 Å². The Morgan fingerprint density at radius 3 is 2.08 bits per heavy atom. The van der Waals surface area contributed by atoms with E-state index in [0.29, 0.717) is 0 Å². The van der Waals surface area contributed by atoms with Crippen LogP contribution in [0.3, 0.4) is 0 Å². The summed E-state index contributed by atoms with van der Waals surface area (Å²) in [6.45, 7) is 13.7. The van der Waals surface area contributed by atoms with Crippen molar-refractivity contribution in [2.24, 2.45) is 17.8 Å². The highest BCUT2D eigenvalue weighted by molar-refractivity contribution is 5.03. The molecule has 0 aromatic carbocycles. The van der Waals surface area contributed by atoms with E-state index in [1.54, 1.807) is 5.57 Å². The second kappa shape index (κ2) is 6.23. The third-order valence-electron chi connectivity index (χ3n) is 3.20. The van der Waals surface area contributed by atoms with Crippen LogP contribution >= 0.6 is 0 Å². The van der Waals surface area contributed by atoms with Gasteiger partial charge in [-0.2, -0.15) is 0 Å². The highest BCUT2D eigenvalue weighted by Gasteiger charge is 2.16. The minimum Gasteiger partial charge on any atom is -0.0884 e. The number of allylic oxidation sites excluding steroid dienone is 2. The van der Waals surface area contributed by atoms with Gasteiger partial charge in [-0.25, -0.2) is 0 Å². The maximum Gasteiger partial charge on any atom is -0.0180 e. The summed E-state index contributed by atoms with van der Waals surface area (Å²) in [6, 6.07) is 0. The van der Waals surface area contributed by atoms with Gasteiger partial charge in [-0.3, -0.25) is 0 Å². The van der Waals surface area contributed by atoms with Gasteiger partial charge in [-0.1, -0.05) is 45.8 Å². The molecule has 13 heavy (non-hydrogen) atoms. The first-order chi connectivity index (χ1) is 6.02. The third-order valence-corrected chi connectivity index (χ3v) is 3.20. The molecule has 2 unspecified atom stereocenters. The van der Waals surface area contributed by atoms with Gasteiger partial charge in [0.2, 0.25) is 0 Å². The van der Waals surface area contributed by atoms with Crippen LogP contribution in [0.15, 0.2) is 11.6 Å². The quantitative estimate of drug-likeness (QED) is 0.542. The molecule has 0 aromatic rings. The summed E-state index contributed by atoms with van der Waals surface area (Å²) >= 11 is 0. The average molecular weight is 182 g/mol. The van der Waals surface area contributed by atoms with E-state index in [4.69, 9.17) is 0 Å². The molecular formula is C13H26. The molecule has 0 heteroatoms. The number of hydrogen-bond acceptors (Lipinski definition) is 0. The minimum absolute atomic E-state index is 0.783. The molecule has 0 aliphatic rings.